The highest BCUT2D eigenvalue weighted by Crippen LogP contribution is 2.46. The van der Waals surface area contributed by atoms with Gasteiger partial charge in [-0.2, -0.15) is 9.97 Å². The lowest BCUT2D eigenvalue weighted by Gasteiger charge is -2.11. The van der Waals surface area contributed by atoms with Crippen LogP contribution in [0.1, 0.15) is 0 Å². The number of rotatable bonds is 5. The van der Waals surface area contributed by atoms with Gasteiger partial charge in [0.1, 0.15) is 11.2 Å². The molecule has 0 N–H and O–H groups in total. The molecule has 0 atom stereocenters. The summed E-state index contributed by atoms with van der Waals surface area (Å²) in [6.07, 6.45) is 0. The SMILES string of the molecule is c1ccc(-c2nc(-c3ccc4c(c3)oc3cccc(-c5ccccc5)c34)nc(-n3c4ccccc4c4c5c(ccc43)sc3cccc(-c4ccccc4)c35)n2)cc1. The third-order valence-electron chi connectivity index (χ3n) is 11.1. The van der Waals surface area contributed by atoms with Crippen molar-refractivity contribution in [2.45, 2.75) is 0 Å². The Hall–Kier alpha value is -7.41. The molecule has 0 spiro atoms. The zero-order chi connectivity index (χ0) is 37.5. The van der Waals surface area contributed by atoms with Crippen molar-refractivity contribution in [3.05, 3.63) is 182 Å². The van der Waals surface area contributed by atoms with Crippen molar-refractivity contribution in [2.75, 3.05) is 0 Å². The molecule has 5 nitrogen and oxygen atoms in total. The Morgan fingerprint density at radius 2 is 1.02 bits per heavy atom. The van der Waals surface area contributed by atoms with Crippen molar-refractivity contribution < 1.29 is 4.42 Å². The number of thiophene rings is 1. The summed E-state index contributed by atoms with van der Waals surface area (Å²) >= 11 is 1.84. The van der Waals surface area contributed by atoms with Gasteiger partial charge in [0.2, 0.25) is 5.95 Å². The Morgan fingerprint density at radius 3 is 1.77 bits per heavy atom. The van der Waals surface area contributed by atoms with Gasteiger partial charge < -0.3 is 4.42 Å². The summed E-state index contributed by atoms with van der Waals surface area (Å²) < 4.78 is 11.3. The molecule has 12 rings (SSSR count). The Bertz CT molecular complexity index is 3510. The fraction of sp³-hybridized carbons (Fsp3) is 0. The summed E-state index contributed by atoms with van der Waals surface area (Å²) in [4.78, 5) is 15.6. The number of fused-ring (bicyclic) bond motifs is 10. The van der Waals surface area contributed by atoms with Crippen molar-refractivity contribution in [3.8, 4) is 51.0 Å². The van der Waals surface area contributed by atoms with E-state index in [1.165, 1.54) is 36.7 Å². The van der Waals surface area contributed by atoms with Crippen LogP contribution in [0.4, 0.5) is 0 Å². The number of hydrogen-bond donors (Lipinski definition) is 0. The number of aromatic nitrogens is 4. The van der Waals surface area contributed by atoms with E-state index in [2.05, 4.69) is 156 Å². The van der Waals surface area contributed by atoms with E-state index in [-0.39, 0.29) is 0 Å². The van der Waals surface area contributed by atoms with Crippen LogP contribution in [0.15, 0.2) is 186 Å². The largest absolute Gasteiger partial charge is 0.456 e. The van der Waals surface area contributed by atoms with E-state index < -0.39 is 0 Å². The Kier molecular flexibility index (Phi) is 7.03. The Balaban J connectivity index is 1.12. The van der Waals surface area contributed by atoms with Gasteiger partial charge in [0.15, 0.2) is 11.6 Å². The zero-order valence-corrected chi connectivity index (χ0v) is 31.2. The third-order valence-corrected chi connectivity index (χ3v) is 12.2. The van der Waals surface area contributed by atoms with Gasteiger partial charge in [-0.25, -0.2) is 4.98 Å². The van der Waals surface area contributed by atoms with Gasteiger partial charge in [0.05, 0.1) is 11.0 Å². The lowest BCUT2D eigenvalue weighted by Crippen LogP contribution is -2.06. The van der Waals surface area contributed by atoms with Crippen LogP contribution in [0, 0.1) is 0 Å². The number of para-hydroxylation sites is 1. The van der Waals surface area contributed by atoms with Crippen molar-refractivity contribution in [2.24, 2.45) is 0 Å². The summed E-state index contributed by atoms with van der Waals surface area (Å²) in [6, 6.07) is 63.6. The molecule has 0 radical (unpaired) electrons. The van der Waals surface area contributed by atoms with Crippen LogP contribution in [0.3, 0.4) is 0 Å². The number of hydrogen-bond acceptors (Lipinski definition) is 5. The highest BCUT2D eigenvalue weighted by molar-refractivity contribution is 7.26. The molecule has 4 aromatic heterocycles. The number of benzene rings is 8. The smallest absolute Gasteiger partial charge is 0.238 e. The Labute approximate surface area is 330 Å². The van der Waals surface area contributed by atoms with Crippen molar-refractivity contribution in [3.63, 3.8) is 0 Å². The summed E-state index contributed by atoms with van der Waals surface area (Å²) in [5.41, 5.74) is 10.2. The molecule has 0 fully saturated rings. The molecule has 4 heterocycles. The fourth-order valence-corrected chi connectivity index (χ4v) is 9.71. The number of furan rings is 1. The number of nitrogens with zero attached hydrogens (tertiary/aromatic N) is 4. The molecular formula is C51H30N4OS. The molecule has 0 aliphatic rings. The van der Waals surface area contributed by atoms with Crippen LogP contribution in [-0.4, -0.2) is 19.5 Å². The monoisotopic (exact) mass is 746 g/mol. The second kappa shape index (κ2) is 12.6. The third kappa shape index (κ3) is 4.98. The standard InChI is InChI=1S/C51H30N4OS/c1-4-14-31(15-5-1)35-21-12-24-41-45(35)38-27-26-34(30-42(38)56-41)50-52-49(33-18-8-3-9-19-33)53-51(54-50)55-39-23-11-10-20-37(39)46-40(55)28-29-44-48(46)47-36(22-13-25-43(47)57-44)32-16-6-2-7-17-32/h1-30H. The minimum absolute atomic E-state index is 0.559. The minimum Gasteiger partial charge on any atom is -0.456 e. The average molecular weight is 747 g/mol. The summed E-state index contributed by atoms with van der Waals surface area (Å²) in [7, 11) is 0. The lowest BCUT2D eigenvalue weighted by atomic mass is 9.97. The summed E-state index contributed by atoms with van der Waals surface area (Å²) in [6.45, 7) is 0. The van der Waals surface area contributed by atoms with E-state index >= 15 is 0 Å². The van der Waals surface area contributed by atoms with Gasteiger partial charge in [0.25, 0.3) is 0 Å². The van der Waals surface area contributed by atoms with Crippen LogP contribution >= 0.6 is 11.3 Å². The van der Waals surface area contributed by atoms with Crippen molar-refractivity contribution in [1.82, 2.24) is 19.5 Å². The second-order valence-electron chi connectivity index (χ2n) is 14.3. The van der Waals surface area contributed by atoms with Gasteiger partial charge in [0, 0.05) is 52.8 Å². The van der Waals surface area contributed by atoms with E-state index in [0.29, 0.717) is 17.6 Å². The van der Waals surface area contributed by atoms with E-state index in [1.807, 2.05) is 41.7 Å². The summed E-state index contributed by atoms with van der Waals surface area (Å²) in [5.74, 6) is 1.73. The predicted octanol–water partition coefficient (Wildman–Crippen LogP) is 13.9. The summed E-state index contributed by atoms with van der Waals surface area (Å²) in [5, 5.41) is 7.02. The van der Waals surface area contributed by atoms with Crippen LogP contribution in [0.2, 0.25) is 0 Å². The van der Waals surface area contributed by atoms with Crippen LogP contribution in [-0.2, 0) is 0 Å². The maximum atomic E-state index is 6.54. The first-order valence-electron chi connectivity index (χ1n) is 19.0. The second-order valence-corrected chi connectivity index (χ2v) is 15.4. The topological polar surface area (TPSA) is 56.7 Å². The Morgan fingerprint density at radius 1 is 0.386 bits per heavy atom. The first-order valence-corrected chi connectivity index (χ1v) is 19.8. The van der Waals surface area contributed by atoms with E-state index in [9.17, 15) is 0 Å². The zero-order valence-electron chi connectivity index (χ0n) is 30.4. The van der Waals surface area contributed by atoms with Gasteiger partial charge in [-0.3, -0.25) is 4.57 Å². The maximum absolute atomic E-state index is 6.54. The molecule has 0 amide bonds. The maximum Gasteiger partial charge on any atom is 0.238 e. The van der Waals surface area contributed by atoms with Crippen LogP contribution in [0.5, 0.6) is 0 Å². The normalized spacial score (nSPS) is 11.9. The molecule has 0 aliphatic heterocycles. The first kappa shape index (κ1) is 31.9. The van der Waals surface area contributed by atoms with E-state index in [1.54, 1.807) is 0 Å². The molecule has 12 aromatic rings. The molecule has 0 aliphatic carbocycles. The lowest BCUT2D eigenvalue weighted by molar-refractivity contribution is 0.669. The van der Waals surface area contributed by atoms with Gasteiger partial charge in [-0.1, -0.05) is 140 Å². The van der Waals surface area contributed by atoms with Crippen molar-refractivity contribution >= 4 is 75.3 Å². The molecule has 6 heteroatoms. The molecule has 8 aromatic carbocycles. The molecule has 266 valence electrons. The molecule has 0 saturated heterocycles. The predicted molar refractivity (Wildman–Crippen MR) is 236 cm³/mol. The average Bonchev–Trinajstić information content (AvgIpc) is 3.96. The molecule has 0 unspecified atom stereocenters. The van der Waals surface area contributed by atoms with Gasteiger partial charge >= 0.3 is 0 Å². The molecule has 0 bridgehead atoms. The first-order chi connectivity index (χ1) is 28.3. The van der Waals surface area contributed by atoms with Crippen LogP contribution in [0.25, 0.3) is 115 Å². The molecule has 0 saturated carbocycles. The van der Waals surface area contributed by atoms with E-state index in [4.69, 9.17) is 19.4 Å². The highest BCUT2D eigenvalue weighted by Gasteiger charge is 2.22. The fourth-order valence-electron chi connectivity index (χ4n) is 8.57. The van der Waals surface area contributed by atoms with Gasteiger partial charge in [-0.05, 0) is 64.7 Å². The molecule has 57 heavy (non-hydrogen) atoms. The van der Waals surface area contributed by atoms with Gasteiger partial charge in [-0.15, -0.1) is 11.3 Å². The highest BCUT2D eigenvalue weighted by atomic mass is 32.1. The van der Waals surface area contributed by atoms with E-state index in [0.717, 1.165) is 60.6 Å². The van der Waals surface area contributed by atoms with Crippen molar-refractivity contribution in [1.29, 1.82) is 0 Å². The minimum atomic E-state index is 0.559. The quantitative estimate of drug-likeness (QED) is 0.176. The van der Waals surface area contributed by atoms with Crippen LogP contribution < -0.4 is 0 Å². The molecular weight excluding hydrogens is 717 g/mol.